The summed E-state index contributed by atoms with van der Waals surface area (Å²) in [5.74, 6) is 0.838. The minimum atomic E-state index is 0.513. The van der Waals surface area contributed by atoms with Gasteiger partial charge in [0.25, 0.3) is 0 Å². The van der Waals surface area contributed by atoms with E-state index in [4.69, 9.17) is 16.2 Å². The first kappa shape index (κ1) is 13.2. The molecule has 0 saturated heterocycles. The summed E-state index contributed by atoms with van der Waals surface area (Å²) in [6, 6.07) is 17.4. The highest BCUT2D eigenvalue weighted by Crippen LogP contribution is 2.28. The molecule has 0 saturated carbocycles. The molecule has 3 rings (SSSR count). The third-order valence-corrected chi connectivity index (χ3v) is 3.40. The zero-order valence-electron chi connectivity index (χ0n) is 11.6. The molecule has 4 N–H and O–H groups in total. The van der Waals surface area contributed by atoms with E-state index in [2.05, 4.69) is 4.98 Å². The summed E-state index contributed by atoms with van der Waals surface area (Å²) in [5, 5.41) is 0.891. The lowest BCUT2D eigenvalue weighted by atomic mass is 10.1. The van der Waals surface area contributed by atoms with Crippen molar-refractivity contribution < 1.29 is 4.74 Å². The van der Waals surface area contributed by atoms with E-state index >= 15 is 0 Å². The number of pyridine rings is 1. The molecule has 4 nitrogen and oxygen atoms in total. The third-order valence-electron chi connectivity index (χ3n) is 3.40. The molecule has 1 aromatic heterocycles. The van der Waals surface area contributed by atoms with Crippen LogP contribution in [0.5, 0.6) is 5.75 Å². The molecular formula is C17H17N3O. The standard InChI is InChI=1S/C17H17N3O/c18-16-13-8-4-5-9-14(13)20-15(17(16)19)10-11-21-12-6-2-1-3-7-12/h1-9H,10-11,19H2,(H2,18,20). The SMILES string of the molecule is Nc1c(CCOc2ccccc2)nc2ccccc2c1N. The Bertz CT molecular complexity index is 757. The van der Waals surface area contributed by atoms with Crippen molar-refractivity contribution in [1.29, 1.82) is 0 Å². The van der Waals surface area contributed by atoms with Gasteiger partial charge in [-0.15, -0.1) is 0 Å². The zero-order valence-corrected chi connectivity index (χ0v) is 11.6. The monoisotopic (exact) mass is 279 g/mol. The van der Waals surface area contributed by atoms with Crippen LogP contribution in [0, 0.1) is 0 Å². The van der Waals surface area contributed by atoms with Gasteiger partial charge in [0.15, 0.2) is 0 Å². The number of aromatic nitrogens is 1. The second kappa shape index (κ2) is 5.71. The van der Waals surface area contributed by atoms with Crippen molar-refractivity contribution in [1.82, 2.24) is 4.98 Å². The van der Waals surface area contributed by atoms with E-state index in [-0.39, 0.29) is 0 Å². The summed E-state index contributed by atoms with van der Waals surface area (Å²) in [6.45, 7) is 0.513. The third kappa shape index (κ3) is 2.74. The Morgan fingerprint density at radius 1 is 0.857 bits per heavy atom. The maximum absolute atomic E-state index is 6.10. The summed E-state index contributed by atoms with van der Waals surface area (Å²) in [6.07, 6.45) is 0.621. The minimum Gasteiger partial charge on any atom is -0.493 e. The van der Waals surface area contributed by atoms with Crippen LogP contribution < -0.4 is 16.2 Å². The Kier molecular flexibility index (Phi) is 3.60. The Labute approximate surface area is 123 Å². The average Bonchev–Trinajstić information content (AvgIpc) is 2.53. The van der Waals surface area contributed by atoms with Gasteiger partial charge in [0.05, 0.1) is 29.2 Å². The van der Waals surface area contributed by atoms with E-state index in [0.717, 1.165) is 22.3 Å². The van der Waals surface area contributed by atoms with Crippen molar-refractivity contribution in [3.05, 3.63) is 60.3 Å². The second-order valence-corrected chi connectivity index (χ2v) is 4.81. The van der Waals surface area contributed by atoms with Crippen molar-refractivity contribution >= 4 is 22.3 Å². The first-order valence-electron chi connectivity index (χ1n) is 6.86. The number of nitrogens with zero attached hydrogens (tertiary/aromatic N) is 1. The van der Waals surface area contributed by atoms with Gasteiger partial charge in [-0.05, 0) is 18.2 Å². The molecule has 0 atom stereocenters. The molecule has 4 heteroatoms. The number of anilines is 2. The number of benzene rings is 2. The molecule has 0 aliphatic rings. The van der Waals surface area contributed by atoms with Crippen molar-refractivity contribution in [3.63, 3.8) is 0 Å². The molecule has 0 unspecified atom stereocenters. The van der Waals surface area contributed by atoms with Crippen LogP contribution in [0.15, 0.2) is 54.6 Å². The lowest BCUT2D eigenvalue weighted by Gasteiger charge is -2.11. The Hall–Kier alpha value is -2.75. The molecule has 0 radical (unpaired) electrons. The molecule has 0 bridgehead atoms. The molecule has 0 fully saturated rings. The molecule has 106 valence electrons. The van der Waals surface area contributed by atoms with Gasteiger partial charge in [-0.1, -0.05) is 36.4 Å². The highest BCUT2D eigenvalue weighted by Gasteiger charge is 2.09. The largest absolute Gasteiger partial charge is 0.493 e. The van der Waals surface area contributed by atoms with E-state index < -0.39 is 0 Å². The summed E-state index contributed by atoms with van der Waals surface area (Å²) in [7, 11) is 0. The molecule has 0 aliphatic carbocycles. The van der Waals surface area contributed by atoms with Crippen LogP contribution in [0.1, 0.15) is 5.69 Å². The quantitative estimate of drug-likeness (QED) is 0.770. The van der Waals surface area contributed by atoms with Crippen molar-refractivity contribution in [2.75, 3.05) is 18.1 Å². The topological polar surface area (TPSA) is 74.2 Å². The number of ether oxygens (including phenoxy) is 1. The van der Waals surface area contributed by atoms with E-state index in [1.807, 2.05) is 54.6 Å². The normalized spacial score (nSPS) is 10.7. The first-order chi connectivity index (χ1) is 10.3. The maximum Gasteiger partial charge on any atom is 0.119 e. The van der Waals surface area contributed by atoms with Gasteiger partial charge in [-0.3, -0.25) is 4.98 Å². The lowest BCUT2D eigenvalue weighted by molar-refractivity contribution is 0.321. The van der Waals surface area contributed by atoms with Crippen LogP contribution in [-0.2, 0) is 6.42 Å². The lowest BCUT2D eigenvalue weighted by Crippen LogP contribution is -2.08. The van der Waals surface area contributed by atoms with Crippen LogP contribution in [0.3, 0.4) is 0 Å². The molecule has 0 spiro atoms. The number of fused-ring (bicyclic) bond motifs is 1. The number of nitrogen functional groups attached to an aromatic ring is 2. The highest BCUT2D eigenvalue weighted by atomic mass is 16.5. The van der Waals surface area contributed by atoms with Gasteiger partial charge in [-0.25, -0.2) is 0 Å². The summed E-state index contributed by atoms with van der Waals surface area (Å²) >= 11 is 0. The Balaban J connectivity index is 1.79. The van der Waals surface area contributed by atoms with Crippen LogP contribution in [0.2, 0.25) is 0 Å². The molecule has 0 amide bonds. The van der Waals surface area contributed by atoms with Crippen LogP contribution in [-0.4, -0.2) is 11.6 Å². The molecular weight excluding hydrogens is 262 g/mol. The number of hydrogen-bond acceptors (Lipinski definition) is 4. The van der Waals surface area contributed by atoms with Gasteiger partial charge in [0, 0.05) is 11.8 Å². The summed E-state index contributed by atoms with van der Waals surface area (Å²) < 4.78 is 5.68. The smallest absolute Gasteiger partial charge is 0.119 e. The molecule has 0 aliphatic heterocycles. The molecule has 3 aromatic rings. The fraction of sp³-hybridized carbons (Fsp3) is 0.118. The first-order valence-corrected chi connectivity index (χ1v) is 6.86. The second-order valence-electron chi connectivity index (χ2n) is 4.81. The minimum absolute atomic E-state index is 0.513. The van der Waals surface area contributed by atoms with Gasteiger partial charge >= 0.3 is 0 Å². The fourth-order valence-corrected chi connectivity index (χ4v) is 2.28. The van der Waals surface area contributed by atoms with Crippen molar-refractivity contribution in [2.24, 2.45) is 0 Å². The van der Waals surface area contributed by atoms with E-state index in [9.17, 15) is 0 Å². The van der Waals surface area contributed by atoms with E-state index in [1.54, 1.807) is 0 Å². The van der Waals surface area contributed by atoms with E-state index in [0.29, 0.717) is 24.4 Å². The Morgan fingerprint density at radius 2 is 1.57 bits per heavy atom. The summed E-state index contributed by atoms with van der Waals surface area (Å²) in [5.41, 5.74) is 15.0. The molecule has 1 heterocycles. The zero-order chi connectivity index (χ0) is 14.7. The predicted octanol–water partition coefficient (Wildman–Crippen LogP) is 3.02. The van der Waals surface area contributed by atoms with Crippen molar-refractivity contribution in [2.45, 2.75) is 6.42 Å². The van der Waals surface area contributed by atoms with Gasteiger partial charge in [0.2, 0.25) is 0 Å². The highest BCUT2D eigenvalue weighted by molar-refractivity contribution is 5.96. The predicted molar refractivity (Wildman–Crippen MR) is 86.2 cm³/mol. The van der Waals surface area contributed by atoms with Crippen molar-refractivity contribution in [3.8, 4) is 5.75 Å². The molecule has 21 heavy (non-hydrogen) atoms. The number of nitrogens with two attached hydrogens (primary N) is 2. The summed E-state index contributed by atoms with van der Waals surface area (Å²) in [4.78, 5) is 4.58. The van der Waals surface area contributed by atoms with Gasteiger partial charge in [0.1, 0.15) is 5.75 Å². The Morgan fingerprint density at radius 3 is 2.38 bits per heavy atom. The van der Waals surface area contributed by atoms with E-state index in [1.165, 1.54) is 0 Å². The van der Waals surface area contributed by atoms with Crippen LogP contribution in [0.4, 0.5) is 11.4 Å². The fourth-order valence-electron chi connectivity index (χ4n) is 2.28. The number of para-hydroxylation sites is 2. The number of hydrogen-bond donors (Lipinski definition) is 2. The molecule has 2 aromatic carbocycles. The van der Waals surface area contributed by atoms with Crippen LogP contribution in [0.25, 0.3) is 10.9 Å². The average molecular weight is 279 g/mol. The van der Waals surface area contributed by atoms with Gasteiger partial charge < -0.3 is 16.2 Å². The van der Waals surface area contributed by atoms with Gasteiger partial charge in [-0.2, -0.15) is 0 Å². The maximum atomic E-state index is 6.10. The van der Waals surface area contributed by atoms with Crippen LogP contribution >= 0.6 is 0 Å². The number of rotatable bonds is 4.